The van der Waals surface area contributed by atoms with Gasteiger partial charge in [-0.3, -0.25) is 9.69 Å². The molecule has 0 saturated carbocycles. The van der Waals surface area contributed by atoms with Crippen LogP contribution < -0.4 is 0 Å². The summed E-state index contributed by atoms with van der Waals surface area (Å²) in [6.45, 7) is 1.10. The first kappa shape index (κ1) is 18.6. The first-order valence-electron chi connectivity index (χ1n) is 9.57. The Balaban J connectivity index is 1.50. The lowest BCUT2D eigenvalue weighted by atomic mass is 10.1. The Kier molecular flexibility index (Phi) is 4.43. The average Bonchev–Trinajstić information content (AvgIpc) is 3.45. The van der Waals surface area contributed by atoms with Gasteiger partial charge in [0.25, 0.3) is 0 Å². The molecule has 0 spiro atoms. The van der Waals surface area contributed by atoms with Gasteiger partial charge in [0, 0.05) is 37.9 Å². The summed E-state index contributed by atoms with van der Waals surface area (Å²) >= 11 is 0. The monoisotopic (exact) mass is 411 g/mol. The number of fused-ring (bicyclic) bond motifs is 2. The van der Waals surface area contributed by atoms with Crippen LogP contribution >= 0.6 is 0 Å². The maximum atomic E-state index is 15.0. The average molecular weight is 411 g/mol. The number of aromatic nitrogens is 5. The topological polar surface area (TPSA) is 83.8 Å². The number of hydrogen-bond donors (Lipinski definition) is 1. The minimum atomic E-state index is -0.628. The molecule has 4 aromatic rings. The van der Waals surface area contributed by atoms with Crippen molar-refractivity contribution in [3.05, 3.63) is 59.2 Å². The van der Waals surface area contributed by atoms with E-state index in [0.717, 1.165) is 5.69 Å². The molecule has 0 amide bonds. The fourth-order valence-electron chi connectivity index (χ4n) is 3.79. The van der Waals surface area contributed by atoms with Crippen LogP contribution in [0.25, 0.3) is 16.6 Å². The van der Waals surface area contributed by atoms with Gasteiger partial charge >= 0.3 is 0 Å². The molecule has 5 rings (SSSR count). The highest BCUT2D eigenvalue weighted by molar-refractivity contribution is 5.80. The zero-order chi connectivity index (χ0) is 20.8. The van der Waals surface area contributed by atoms with Gasteiger partial charge in [0.15, 0.2) is 5.65 Å². The predicted molar refractivity (Wildman–Crippen MR) is 106 cm³/mol. The van der Waals surface area contributed by atoms with E-state index in [2.05, 4.69) is 20.3 Å². The molecule has 4 heterocycles. The number of rotatable bonds is 5. The lowest BCUT2D eigenvalue weighted by Gasteiger charge is -2.14. The number of halogens is 2. The molecule has 1 atom stereocenters. The minimum absolute atomic E-state index is 0.00944. The molecule has 1 unspecified atom stereocenters. The molecular formula is C20H19F2N7O. The normalized spacial score (nSPS) is 16.4. The SMILES string of the molecule is Cn1ncc2c(F)c(Cc3cnc4ccc(C5C=NN(CCO)C5)nn34)c(F)cc21. The van der Waals surface area contributed by atoms with E-state index in [1.807, 2.05) is 12.1 Å². The Hall–Kier alpha value is -3.40. The molecule has 1 N–H and O–H groups in total. The number of hydrazone groups is 1. The highest BCUT2D eigenvalue weighted by Gasteiger charge is 2.22. The van der Waals surface area contributed by atoms with Crippen molar-refractivity contribution in [3.63, 3.8) is 0 Å². The third-order valence-electron chi connectivity index (χ3n) is 5.40. The number of aliphatic hydroxyl groups is 1. The van der Waals surface area contributed by atoms with E-state index in [4.69, 9.17) is 5.11 Å². The van der Waals surface area contributed by atoms with Crippen LogP contribution in [0.15, 0.2) is 35.7 Å². The molecule has 0 aliphatic carbocycles. The van der Waals surface area contributed by atoms with Gasteiger partial charge in [0.1, 0.15) is 11.6 Å². The maximum Gasteiger partial charge on any atom is 0.153 e. The summed E-state index contributed by atoms with van der Waals surface area (Å²) in [5, 5.41) is 24.1. The maximum absolute atomic E-state index is 15.0. The number of nitrogens with zero attached hydrogens (tertiary/aromatic N) is 7. The first-order valence-corrected chi connectivity index (χ1v) is 9.57. The predicted octanol–water partition coefficient (Wildman–Crippen LogP) is 1.86. The highest BCUT2D eigenvalue weighted by atomic mass is 19.1. The highest BCUT2D eigenvalue weighted by Crippen LogP contribution is 2.26. The molecule has 30 heavy (non-hydrogen) atoms. The Morgan fingerprint density at radius 3 is 2.93 bits per heavy atom. The summed E-state index contributed by atoms with van der Waals surface area (Å²) in [5.41, 5.74) is 2.31. The van der Waals surface area contributed by atoms with Gasteiger partial charge in [-0.15, -0.1) is 0 Å². The summed E-state index contributed by atoms with van der Waals surface area (Å²) < 4.78 is 32.7. The van der Waals surface area contributed by atoms with Crippen LogP contribution in [-0.2, 0) is 13.5 Å². The number of benzene rings is 1. The number of hydrogen-bond acceptors (Lipinski definition) is 6. The number of imidazole rings is 1. The van der Waals surface area contributed by atoms with E-state index in [9.17, 15) is 8.78 Å². The molecule has 0 bridgehead atoms. The molecule has 1 aliphatic heterocycles. The smallest absolute Gasteiger partial charge is 0.153 e. The molecule has 1 aromatic carbocycles. The van der Waals surface area contributed by atoms with Gasteiger partial charge in [-0.1, -0.05) is 0 Å². The second-order valence-electron chi connectivity index (χ2n) is 7.31. The molecule has 3 aromatic heterocycles. The van der Waals surface area contributed by atoms with Gasteiger partial charge in [-0.05, 0) is 12.1 Å². The minimum Gasteiger partial charge on any atom is -0.394 e. The van der Waals surface area contributed by atoms with E-state index in [1.165, 1.54) is 16.9 Å². The number of aliphatic hydroxyl groups excluding tert-OH is 1. The second kappa shape index (κ2) is 7.13. The van der Waals surface area contributed by atoms with E-state index < -0.39 is 11.6 Å². The molecule has 8 nitrogen and oxygen atoms in total. The van der Waals surface area contributed by atoms with E-state index >= 15 is 0 Å². The van der Waals surface area contributed by atoms with E-state index in [1.54, 1.807) is 29.0 Å². The van der Waals surface area contributed by atoms with Crippen LogP contribution in [0.1, 0.15) is 22.9 Å². The van der Waals surface area contributed by atoms with Gasteiger partial charge in [0.2, 0.25) is 0 Å². The van der Waals surface area contributed by atoms with Crippen LogP contribution in [0.3, 0.4) is 0 Å². The summed E-state index contributed by atoms with van der Waals surface area (Å²) in [4.78, 5) is 4.31. The lowest BCUT2D eigenvalue weighted by Crippen LogP contribution is -2.21. The van der Waals surface area contributed by atoms with Crippen molar-refractivity contribution in [2.75, 3.05) is 19.7 Å². The lowest BCUT2D eigenvalue weighted by molar-refractivity contribution is 0.210. The fraction of sp³-hybridized carbons (Fsp3) is 0.300. The zero-order valence-corrected chi connectivity index (χ0v) is 16.2. The van der Waals surface area contributed by atoms with Gasteiger partial charge in [-0.2, -0.15) is 15.3 Å². The van der Waals surface area contributed by atoms with Crippen LogP contribution in [-0.4, -0.2) is 60.4 Å². The van der Waals surface area contributed by atoms with Crippen molar-refractivity contribution in [3.8, 4) is 0 Å². The fourth-order valence-corrected chi connectivity index (χ4v) is 3.79. The summed E-state index contributed by atoms with van der Waals surface area (Å²) in [5.74, 6) is -1.28. The van der Waals surface area contributed by atoms with Crippen molar-refractivity contribution in [1.29, 1.82) is 0 Å². The molecule has 1 aliphatic rings. The summed E-state index contributed by atoms with van der Waals surface area (Å²) in [6, 6.07) is 4.99. The van der Waals surface area contributed by atoms with Gasteiger partial charge in [0.05, 0.1) is 53.8 Å². The third-order valence-corrected chi connectivity index (χ3v) is 5.40. The first-order chi connectivity index (χ1) is 14.5. The van der Waals surface area contributed by atoms with Crippen molar-refractivity contribution in [2.24, 2.45) is 12.1 Å². The van der Waals surface area contributed by atoms with Crippen molar-refractivity contribution in [1.82, 2.24) is 29.4 Å². The number of β-amino-alcohol motifs (C(OH)–C–C–N with tert-alkyl or cyclic N) is 1. The number of aryl methyl sites for hydroxylation is 1. The summed E-state index contributed by atoms with van der Waals surface area (Å²) in [7, 11) is 1.64. The van der Waals surface area contributed by atoms with Crippen LogP contribution in [0.5, 0.6) is 0 Å². The third kappa shape index (κ3) is 3.00. The van der Waals surface area contributed by atoms with Crippen LogP contribution in [0, 0.1) is 11.6 Å². The molecule has 0 saturated heterocycles. The van der Waals surface area contributed by atoms with Crippen LogP contribution in [0.4, 0.5) is 8.78 Å². The molecule has 154 valence electrons. The van der Waals surface area contributed by atoms with Crippen molar-refractivity contribution < 1.29 is 13.9 Å². The van der Waals surface area contributed by atoms with Crippen molar-refractivity contribution in [2.45, 2.75) is 12.3 Å². The molecular weight excluding hydrogens is 392 g/mol. The Bertz CT molecular complexity index is 1280. The largest absolute Gasteiger partial charge is 0.394 e. The van der Waals surface area contributed by atoms with Gasteiger partial charge < -0.3 is 5.11 Å². The Labute approximate surface area is 170 Å². The van der Waals surface area contributed by atoms with E-state index in [-0.39, 0.29) is 29.9 Å². The zero-order valence-electron chi connectivity index (χ0n) is 16.2. The standard InChI is InChI=1S/C20H19F2N7O/c1-27-18-7-16(21)14(20(22)15(18)10-24-27)6-13-9-23-19-3-2-17(26-29(13)19)12-8-25-28(11-12)4-5-30/h2-3,7-10,12,30H,4-6,11H2,1H3. The quantitative estimate of drug-likeness (QED) is 0.542. The van der Waals surface area contributed by atoms with Gasteiger partial charge in [-0.25, -0.2) is 18.3 Å². The molecule has 0 radical (unpaired) electrons. The molecule has 0 fully saturated rings. The second-order valence-corrected chi connectivity index (χ2v) is 7.31. The summed E-state index contributed by atoms with van der Waals surface area (Å²) in [6.07, 6.45) is 4.78. The van der Waals surface area contributed by atoms with E-state index in [0.29, 0.717) is 29.9 Å². The van der Waals surface area contributed by atoms with Crippen LogP contribution in [0.2, 0.25) is 0 Å². The Morgan fingerprint density at radius 1 is 1.23 bits per heavy atom. The molecule has 10 heteroatoms. The van der Waals surface area contributed by atoms with Crippen molar-refractivity contribution >= 4 is 22.8 Å². The Morgan fingerprint density at radius 2 is 2.10 bits per heavy atom.